The Kier molecular flexibility index (Phi) is 5.39. The zero-order valence-electron chi connectivity index (χ0n) is 15.7. The van der Waals surface area contributed by atoms with Gasteiger partial charge in [-0.15, -0.1) is 0 Å². The Morgan fingerprint density at radius 2 is 2.00 bits per heavy atom. The minimum Gasteiger partial charge on any atom is -0.381 e. The molecule has 4 rings (SSSR count). The normalized spacial score (nSPS) is 16.2. The lowest BCUT2D eigenvalue weighted by atomic mass is 9.74. The van der Waals surface area contributed by atoms with E-state index in [0.29, 0.717) is 32.6 Å². The van der Waals surface area contributed by atoms with Crippen LogP contribution in [-0.2, 0) is 21.4 Å². The number of carbonyl (C=O) groups is 1. The van der Waals surface area contributed by atoms with Gasteiger partial charge < -0.3 is 15.0 Å². The maximum atomic E-state index is 13.8. The first-order valence-corrected chi connectivity index (χ1v) is 9.69. The number of hydrogen-bond acceptors (Lipinski definition) is 3. The Balaban J connectivity index is 1.38. The number of fused-ring (bicyclic) bond motifs is 1. The number of nitrogens with one attached hydrogen (secondary N) is 2. The van der Waals surface area contributed by atoms with Gasteiger partial charge in [0.05, 0.1) is 11.0 Å². The summed E-state index contributed by atoms with van der Waals surface area (Å²) in [6, 6.07) is 14.5. The monoisotopic (exact) mass is 381 g/mol. The molecular formula is C22H24FN3O2. The summed E-state index contributed by atoms with van der Waals surface area (Å²) < 4.78 is 19.3. The maximum absolute atomic E-state index is 13.8. The highest BCUT2D eigenvalue weighted by molar-refractivity contribution is 5.77. The number of rotatable bonds is 6. The Morgan fingerprint density at radius 1 is 1.18 bits per heavy atom. The largest absolute Gasteiger partial charge is 0.381 e. The summed E-state index contributed by atoms with van der Waals surface area (Å²) in [7, 11) is 0. The highest BCUT2D eigenvalue weighted by atomic mass is 19.1. The first-order valence-electron chi connectivity index (χ1n) is 9.69. The minimum absolute atomic E-state index is 0.0253. The van der Waals surface area contributed by atoms with Crippen LogP contribution in [0.2, 0.25) is 0 Å². The molecule has 2 N–H and O–H groups in total. The third-order valence-corrected chi connectivity index (χ3v) is 5.54. The van der Waals surface area contributed by atoms with Crippen molar-refractivity contribution in [3.05, 3.63) is 65.7 Å². The first kappa shape index (κ1) is 18.6. The second-order valence-electron chi connectivity index (χ2n) is 7.38. The average Bonchev–Trinajstić information content (AvgIpc) is 3.14. The fourth-order valence-electron chi connectivity index (χ4n) is 3.86. The second-order valence-corrected chi connectivity index (χ2v) is 7.38. The highest BCUT2D eigenvalue weighted by Gasteiger charge is 2.35. The molecule has 1 aliphatic rings. The molecule has 0 bridgehead atoms. The maximum Gasteiger partial charge on any atom is 0.220 e. The number of aromatic amines is 1. The number of amides is 1. The molecule has 0 aliphatic carbocycles. The quantitative estimate of drug-likeness (QED) is 0.687. The molecule has 0 unspecified atom stereocenters. The Labute approximate surface area is 163 Å². The van der Waals surface area contributed by atoms with E-state index in [4.69, 9.17) is 4.74 Å². The molecule has 0 atom stereocenters. The van der Waals surface area contributed by atoms with Crippen LogP contribution in [-0.4, -0.2) is 35.6 Å². The predicted octanol–water partition coefficient (Wildman–Crippen LogP) is 3.50. The van der Waals surface area contributed by atoms with Crippen LogP contribution < -0.4 is 5.32 Å². The van der Waals surface area contributed by atoms with Gasteiger partial charge in [-0.2, -0.15) is 0 Å². The van der Waals surface area contributed by atoms with Gasteiger partial charge in [-0.25, -0.2) is 9.37 Å². The molecule has 146 valence electrons. The summed E-state index contributed by atoms with van der Waals surface area (Å²) >= 11 is 0. The van der Waals surface area contributed by atoms with Crippen LogP contribution in [0, 0.1) is 5.82 Å². The smallest absolute Gasteiger partial charge is 0.220 e. The van der Waals surface area contributed by atoms with Gasteiger partial charge in [0.1, 0.15) is 11.6 Å². The van der Waals surface area contributed by atoms with Crippen molar-refractivity contribution in [3.8, 4) is 0 Å². The van der Waals surface area contributed by atoms with Crippen LogP contribution in [0.25, 0.3) is 11.0 Å². The highest BCUT2D eigenvalue weighted by Crippen LogP contribution is 2.34. The Bertz CT molecular complexity index is 930. The number of halogens is 1. The van der Waals surface area contributed by atoms with Gasteiger partial charge in [-0.1, -0.05) is 24.3 Å². The van der Waals surface area contributed by atoms with E-state index in [1.165, 1.54) is 6.07 Å². The number of ether oxygens (including phenoxy) is 1. The van der Waals surface area contributed by atoms with E-state index in [-0.39, 0.29) is 17.1 Å². The number of aryl methyl sites for hydroxylation is 1. The molecule has 28 heavy (non-hydrogen) atoms. The van der Waals surface area contributed by atoms with Crippen molar-refractivity contribution in [2.45, 2.75) is 31.1 Å². The molecule has 3 aromatic rings. The van der Waals surface area contributed by atoms with E-state index in [1.807, 2.05) is 30.3 Å². The number of imidazole rings is 1. The Hall–Kier alpha value is -2.73. The summed E-state index contributed by atoms with van der Waals surface area (Å²) in [6.45, 7) is 1.72. The van der Waals surface area contributed by atoms with Crippen molar-refractivity contribution in [3.63, 3.8) is 0 Å². The van der Waals surface area contributed by atoms with Crippen molar-refractivity contribution in [2.24, 2.45) is 0 Å². The fourth-order valence-corrected chi connectivity index (χ4v) is 3.86. The van der Waals surface area contributed by atoms with Gasteiger partial charge in [0.15, 0.2) is 0 Å². The number of para-hydroxylation sites is 2. The average molecular weight is 381 g/mol. The van der Waals surface area contributed by atoms with E-state index < -0.39 is 0 Å². The van der Waals surface area contributed by atoms with E-state index in [1.54, 1.807) is 12.1 Å². The number of nitrogens with zero attached hydrogens (tertiary/aromatic N) is 1. The van der Waals surface area contributed by atoms with Crippen LogP contribution in [0.4, 0.5) is 4.39 Å². The fraction of sp³-hybridized carbons (Fsp3) is 0.364. The lowest BCUT2D eigenvalue weighted by Gasteiger charge is -2.38. The molecule has 2 aromatic carbocycles. The SMILES string of the molecule is O=C(CCc1nc2ccccc2[nH]1)NCC1(c2cccc(F)c2)CCOCC1. The second kappa shape index (κ2) is 8.10. The van der Waals surface area contributed by atoms with E-state index in [2.05, 4.69) is 15.3 Å². The number of benzene rings is 2. The summed E-state index contributed by atoms with van der Waals surface area (Å²) in [5.41, 5.74) is 2.53. The molecule has 1 aromatic heterocycles. The van der Waals surface area contributed by atoms with Crippen molar-refractivity contribution in [1.29, 1.82) is 0 Å². The molecule has 1 aliphatic heterocycles. The van der Waals surface area contributed by atoms with Gasteiger partial charge in [0, 0.05) is 38.0 Å². The van der Waals surface area contributed by atoms with Crippen molar-refractivity contribution >= 4 is 16.9 Å². The van der Waals surface area contributed by atoms with Gasteiger partial charge in [-0.3, -0.25) is 4.79 Å². The van der Waals surface area contributed by atoms with Crippen LogP contribution in [0.3, 0.4) is 0 Å². The van der Waals surface area contributed by atoms with Gasteiger partial charge in [-0.05, 0) is 42.7 Å². The zero-order chi connectivity index (χ0) is 19.4. The zero-order valence-corrected chi connectivity index (χ0v) is 15.7. The molecule has 0 spiro atoms. The summed E-state index contributed by atoms with van der Waals surface area (Å²) in [5.74, 6) is 0.532. The molecule has 0 saturated carbocycles. The van der Waals surface area contributed by atoms with Gasteiger partial charge in [0.25, 0.3) is 0 Å². The molecule has 1 amide bonds. The summed E-state index contributed by atoms with van der Waals surface area (Å²) in [6.07, 6.45) is 2.44. The lowest BCUT2D eigenvalue weighted by Crippen LogP contribution is -2.44. The van der Waals surface area contributed by atoms with Crippen LogP contribution >= 0.6 is 0 Å². The van der Waals surface area contributed by atoms with E-state index in [9.17, 15) is 9.18 Å². The molecule has 1 saturated heterocycles. The number of H-pyrrole nitrogens is 1. The van der Waals surface area contributed by atoms with Crippen molar-refractivity contribution in [1.82, 2.24) is 15.3 Å². The lowest BCUT2D eigenvalue weighted by molar-refractivity contribution is -0.121. The van der Waals surface area contributed by atoms with Crippen LogP contribution in [0.5, 0.6) is 0 Å². The van der Waals surface area contributed by atoms with Crippen molar-refractivity contribution in [2.75, 3.05) is 19.8 Å². The number of hydrogen-bond donors (Lipinski definition) is 2. The third kappa shape index (κ3) is 4.07. The van der Waals surface area contributed by atoms with E-state index >= 15 is 0 Å². The predicted molar refractivity (Wildman–Crippen MR) is 106 cm³/mol. The minimum atomic E-state index is -0.282. The molecule has 1 fully saturated rings. The standard InChI is InChI=1S/C22H24FN3O2/c23-17-5-3-4-16(14-17)22(10-12-28-13-11-22)15-24-21(27)9-8-20-25-18-6-1-2-7-19(18)26-20/h1-7,14H,8-13,15H2,(H,24,27)(H,25,26). The van der Waals surface area contributed by atoms with E-state index in [0.717, 1.165) is 35.3 Å². The Morgan fingerprint density at radius 3 is 2.79 bits per heavy atom. The first-order chi connectivity index (χ1) is 13.6. The molecule has 0 radical (unpaired) electrons. The summed E-state index contributed by atoms with van der Waals surface area (Å²) in [5, 5.41) is 3.06. The third-order valence-electron chi connectivity index (χ3n) is 5.54. The van der Waals surface area contributed by atoms with Crippen molar-refractivity contribution < 1.29 is 13.9 Å². The summed E-state index contributed by atoms with van der Waals surface area (Å²) in [4.78, 5) is 20.2. The molecule has 6 heteroatoms. The molecule has 2 heterocycles. The van der Waals surface area contributed by atoms with Gasteiger partial charge >= 0.3 is 0 Å². The van der Waals surface area contributed by atoms with Crippen LogP contribution in [0.1, 0.15) is 30.7 Å². The van der Waals surface area contributed by atoms with Gasteiger partial charge in [0.2, 0.25) is 5.91 Å². The molecule has 5 nitrogen and oxygen atoms in total. The number of carbonyl (C=O) groups excluding carboxylic acids is 1. The number of aromatic nitrogens is 2. The van der Waals surface area contributed by atoms with Crippen LogP contribution in [0.15, 0.2) is 48.5 Å². The molecular weight excluding hydrogens is 357 g/mol. The topological polar surface area (TPSA) is 67.0 Å².